The predicted octanol–water partition coefficient (Wildman–Crippen LogP) is 4.48. The molecule has 0 spiro atoms. The van der Waals surface area contributed by atoms with Crippen LogP contribution in [0.25, 0.3) is 11.1 Å². The monoisotopic (exact) mass is 255 g/mol. The molecule has 0 saturated carbocycles. The minimum absolute atomic E-state index is 0.130. The molecule has 3 rings (SSSR count). The lowest BCUT2D eigenvalue weighted by Crippen LogP contribution is -2.29. The molecular weight excluding hydrogens is 237 g/mol. The molecule has 1 saturated heterocycles. The number of piperidine rings is 1. The van der Waals surface area contributed by atoms with Gasteiger partial charge in [0.05, 0.1) is 0 Å². The van der Waals surface area contributed by atoms with Crippen LogP contribution in [0.5, 0.6) is 0 Å². The third-order valence-electron chi connectivity index (χ3n) is 3.76. The molecular formula is C17H18FN. The average molecular weight is 255 g/mol. The Morgan fingerprint density at radius 3 is 2.26 bits per heavy atom. The van der Waals surface area contributed by atoms with Crippen molar-refractivity contribution in [3.63, 3.8) is 0 Å². The van der Waals surface area contributed by atoms with Gasteiger partial charge < -0.3 is 4.90 Å². The second-order valence-corrected chi connectivity index (χ2v) is 5.08. The van der Waals surface area contributed by atoms with E-state index in [1.807, 2.05) is 42.5 Å². The molecule has 1 aliphatic rings. The average Bonchev–Trinajstić information content (AvgIpc) is 2.49. The minimum atomic E-state index is -0.130. The standard InChI is InChI=1S/C17H18FN/c18-17-13-15(19-11-5-2-6-12-19)9-10-16(17)14-7-3-1-4-8-14/h1,3-4,7-10,13H,2,5-6,11-12H2. The number of nitrogens with zero attached hydrogens (tertiary/aromatic N) is 1. The zero-order valence-corrected chi connectivity index (χ0v) is 11.0. The highest BCUT2D eigenvalue weighted by atomic mass is 19.1. The van der Waals surface area contributed by atoms with E-state index in [0.29, 0.717) is 5.56 Å². The molecule has 2 aromatic rings. The van der Waals surface area contributed by atoms with Crippen LogP contribution in [-0.4, -0.2) is 13.1 Å². The van der Waals surface area contributed by atoms with Gasteiger partial charge >= 0.3 is 0 Å². The first-order valence-corrected chi connectivity index (χ1v) is 6.94. The highest BCUT2D eigenvalue weighted by molar-refractivity contribution is 5.67. The van der Waals surface area contributed by atoms with Gasteiger partial charge in [0, 0.05) is 24.3 Å². The van der Waals surface area contributed by atoms with Crippen molar-refractivity contribution in [2.75, 3.05) is 18.0 Å². The maximum absolute atomic E-state index is 14.3. The summed E-state index contributed by atoms with van der Waals surface area (Å²) in [4.78, 5) is 2.28. The molecule has 0 unspecified atom stereocenters. The second-order valence-electron chi connectivity index (χ2n) is 5.08. The maximum Gasteiger partial charge on any atom is 0.133 e. The number of anilines is 1. The number of hydrogen-bond donors (Lipinski definition) is 0. The van der Waals surface area contributed by atoms with Crippen LogP contribution in [-0.2, 0) is 0 Å². The van der Waals surface area contributed by atoms with Gasteiger partial charge in [0.2, 0.25) is 0 Å². The minimum Gasteiger partial charge on any atom is -0.371 e. The fourth-order valence-electron chi connectivity index (χ4n) is 2.70. The summed E-state index contributed by atoms with van der Waals surface area (Å²) >= 11 is 0. The van der Waals surface area contributed by atoms with E-state index in [0.717, 1.165) is 24.3 Å². The van der Waals surface area contributed by atoms with E-state index in [1.165, 1.54) is 19.3 Å². The molecule has 19 heavy (non-hydrogen) atoms. The van der Waals surface area contributed by atoms with Crippen molar-refractivity contribution in [3.05, 3.63) is 54.3 Å². The summed E-state index contributed by atoms with van der Waals surface area (Å²) < 4.78 is 14.3. The van der Waals surface area contributed by atoms with Gasteiger partial charge in [0.15, 0.2) is 0 Å². The van der Waals surface area contributed by atoms with Crippen molar-refractivity contribution in [3.8, 4) is 11.1 Å². The molecule has 0 aromatic heterocycles. The first-order valence-electron chi connectivity index (χ1n) is 6.94. The summed E-state index contributed by atoms with van der Waals surface area (Å²) in [5, 5.41) is 0. The third kappa shape index (κ3) is 2.62. The molecule has 1 aliphatic heterocycles. The maximum atomic E-state index is 14.3. The Kier molecular flexibility index (Phi) is 3.49. The van der Waals surface area contributed by atoms with Gasteiger partial charge in [-0.1, -0.05) is 30.3 Å². The molecule has 0 N–H and O–H groups in total. The van der Waals surface area contributed by atoms with E-state index < -0.39 is 0 Å². The molecule has 2 aromatic carbocycles. The Bertz CT molecular complexity index is 544. The molecule has 1 fully saturated rings. The zero-order chi connectivity index (χ0) is 13.1. The van der Waals surface area contributed by atoms with Gasteiger partial charge in [-0.05, 0) is 43.0 Å². The summed E-state index contributed by atoms with van der Waals surface area (Å²) in [5.41, 5.74) is 2.63. The van der Waals surface area contributed by atoms with Crippen molar-refractivity contribution in [1.29, 1.82) is 0 Å². The first-order chi connectivity index (χ1) is 9.34. The molecule has 0 aliphatic carbocycles. The summed E-state index contributed by atoms with van der Waals surface area (Å²) in [6, 6.07) is 15.3. The quantitative estimate of drug-likeness (QED) is 0.764. The number of hydrogen-bond acceptors (Lipinski definition) is 1. The molecule has 0 atom stereocenters. The fraction of sp³-hybridized carbons (Fsp3) is 0.294. The second kappa shape index (κ2) is 5.43. The normalized spacial score (nSPS) is 15.5. The van der Waals surface area contributed by atoms with E-state index >= 15 is 0 Å². The summed E-state index contributed by atoms with van der Waals surface area (Å²) in [6.45, 7) is 2.09. The van der Waals surface area contributed by atoms with Crippen molar-refractivity contribution >= 4 is 5.69 Å². The summed E-state index contributed by atoms with van der Waals surface area (Å²) in [7, 11) is 0. The first kappa shape index (κ1) is 12.2. The lowest BCUT2D eigenvalue weighted by molar-refractivity contribution is 0.574. The van der Waals surface area contributed by atoms with Crippen LogP contribution in [0, 0.1) is 5.82 Å². The van der Waals surface area contributed by atoms with Gasteiger partial charge in [-0.15, -0.1) is 0 Å². The van der Waals surface area contributed by atoms with Gasteiger partial charge in [-0.2, -0.15) is 0 Å². The SMILES string of the molecule is Fc1cc(N2CCCCC2)ccc1-c1ccccc1. The van der Waals surface area contributed by atoms with E-state index in [4.69, 9.17) is 0 Å². The van der Waals surface area contributed by atoms with Crippen molar-refractivity contribution < 1.29 is 4.39 Å². The zero-order valence-electron chi connectivity index (χ0n) is 11.0. The third-order valence-corrected chi connectivity index (χ3v) is 3.76. The van der Waals surface area contributed by atoms with Gasteiger partial charge in [-0.25, -0.2) is 4.39 Å². The van der Waals surface area contributed by atoms with Crippen LogP contribution in [0.4, 0.5) is 10.1 Å². The highest BCUT2D eigenvalue weighted by Crippen LogP contribution is 2.28. The number of rotatable bonds is 2. The van der Waals surface area contributed by atoms with E-state index in [-0.39, 0.29) is 5.82 Å². The lowest BCUT2D eigenvalue weighted by atomic mass is 10.0. The molecule has 1 nitrogen and oxygen atoms in total. The molecule has 98 valence electrons. The Balaban J connectivity index is 1.89. The molecule has 0 bridgehead atoms. The van der Waals surface area contributed by atoms with Crippen molar-refractivity contribution in [1.82, 2.24) is 0 Å². The van der Waals surface area contributed by atoms with Crippen LogP contribution >= 0.6 is 0 Å². The molecule has 2 heteroatoms. The highest BCUT2D eigenvalue weighted by Gasteiger charge is 2.13. The number of benzene rings is 2. The molecule has 1 heterocycles. The van der Waals surface area contributed by atoms with Crippen LogP contribution in [0.15, 0.2) is 48.5 Å². The predicted molar refractivity (Wildman–Crippen MR) is 77.9 cm³/mol. The summed E-state index contributed by atoms with van der Waals surface area (Å²) in [5.74, 6) is -0.130. The largest absolute Gasteiger partial charge is 0.371 e. The van der Waals surface area contributed by atoms with Crippen molar-refractivity contribution in [2.24, 2.45) is 0 Å². The van der Waals surface area contributed by atoms with Crippen LogP contribution in [0.1, 0.15) is 19.3 Å². The number of halogens is 1. The van der Waals surface area contributed by atoms with Gasteiger partial charge in [0.1, 0.15) is 5.82 Å². The van der Waals surface area contributed by atoms with Gasteiger partial charge in [0.25, 0.3) is 0 Å². The van der Waals surface area contributed by atoms with Gasteiger partial charge in [-0.3, -0.25) is 0 Å². The topological polar surface area (TPSA) is 3.24 Å². The Morgan fingerprint density at radius 1 is 0.842 bits per heavy atom. The van der Waals surface area contributed by atoms with Crippen LogP contribution in [0.3, 0.4) is 0 Å². The van der Waals surface area contributed by atoms with Crippen LogP contribution < -0.4 is 4.90 Å². The molecule has 0 amide bonds. The Labute approximate surface area is 113 Å². The smallest absolute Gasteiger partial charge is 0.133 e. The van der Waals surface area contributed by atoms with Crippen LogP contribution in [0.2, 0.25) is 0 Å². The van der Waals surface area contributed by atoms with Crippen molar-refractivity contribution in [2.45, 2.75) is 19.3 Å². The molecule has 0 radical (unpaired) electrons. The van der Waals surface area contributed by atoms with E-state index in [2.05, 4.69) is 4.90 Å². The van der Waals surface area contributed by atoms with E-state index in [9.17, 15) is 4.39 Å². The fourth-order valence-corrected chi connectivity index (χ4v) is 2.70. The summed E-state index contributed by atoms with van der Waals surface area (Å²) in [6.07, 6.45) is 3.71. The lowest BCUT2D eigenvalue weighted by Gasteiger charge is -2.29. The Hall–Kier alpha value is -1.83. The van der Waals surface area contributed by atoms with E-state index in [1.54, 1.807) is 6.07 Å². The Morgan fingerprint density at radius 2 is 1.58 bits per heavy atom.